The normalized spacial score (nSPS) is 10.3. The summed E-state index contributed by atoms with van der Waals surface area (Å²) in [5.74, 6) is 1.18. The number of thioether (sulfide) groups is 1. The van der Waals surface area contributed by atoms with Gasteiger partial charge in [0.05, 0.1) is 5.69 Å². The molecule has 1 heterocycles. The van der Waals surface area contributed by atoms with Crippen molar-refractivity contribution in [2.75, 3.05) is 5.75 Å². The summed E-state index contributed by atoms with van der Waals surface area (Å²) in [6, 6.07) is 4.09. The number of hydrogen-bond acceptors (Lipinski definition) is 3. The lowest BCUT2D eigenvalue weighted by Gasteiger charge is -2.00. The maximum atomic E-state index is 5.45. The summed E-state index contributed by atoms with van der Waals surface area (Å²) in [6.45, 7) is 2.73. The van der Waals surface area contributed by atoms with Gasteiger partial charge >= 0.3 is 0 Å². The van der Waals surface area contributed by atoms with Crippen LogP contribution in [-0.4, -0.2) is 10.7 Å². The molecule has 0 spiro atoms. The second kappa shape index (κ2) is 6.00. The Hall–Kier alpha value is -0.540. The van der Waals surface area contributed by atoms with Crippen molar-refractivity contribution in [1.29, 1.82) is 0 Å². The van der Waals surface area contributed by atoms with Gasteiger partial charge < -0.3 is 5.73 Å². The fourth-order valence-corrected chi connectivity index (χ4v) is 1.91. The topological polar surface area (TPSA) is 38.9 Å². The van der Waals surface area contributed by atoms with Crippen LogP contribution in [0.15, 0.2) is 23.2 Å². The van der Waals surface area contributed by atoms with E-state index in [1.165, 1.54) is 23.5 Å². The van der Waals surface area contributed by atoms with Crippen molar-refractivity contribution in [3.8, 4) is 0 Å². The summed E-state index contributed by atoms with van der Waals surface area (Å²) in [7, 11) is 0. The van der Waals surface area contributed by atoms with E-state index in [1.807, 2.05) is 24.0 Å². The standard InChI is InChI=1S/C10H16N2S/c1-2-3-6-13-10-5-4-9(7-11)12-8-10/h4-5,8H,2-3,6-7,11H2,1H3. The Morgan fingerprint density at radius 2 is 2.31 bits per heavy atom. The molecule has 3 heteroatoms. The first-order chi connectivity index (χ1) is 6.36. The zero-order valence-corrected chi connectivity index (χ0v) is 8.81. The van der Waals surface area contributed by atoms with Crippen LogP contribution < -0.4 is 5.73 Å². The predicted octanol–water partition coefficient (Wildman–Crippen LogP) is 2.43. The van der Waals surface area contributed by atoms with Gasteiger partial charge in [0.25, 0.3) is 0 Å². The summed E-state index contributed by atoms with van der Waals surface area (Å²) in [4.78, 5) is 5.47. The van der Waals surface area contributed by atoms with Crippen molar-refractivity contribution in [3.05, 3.63) is 24.0 Å². The first-order valence-electron chi connectivity index (χ1n) is 4.64. The van der Waals surface area contributed by atoms with Crippen molar-refractivity contribution >= 4 is 11.8 Å². The van der Waals surface area contributed by atoms with E-state index >= 15 is 0 Å². The van der Waals surface area contributed by atoms with E-state index in [2.05, 4.69) is 18.0 Å². The van der Waals surface area contributed by atoms with Crippen LogP contribution in [-0.2, 0) is 6.54 Å². The molecular weight excluding hydrogens is 180 g/mol. The highest BCUT2D eigenvalue weighted by Gasteiger charge is 1.94. The quantitative estimate of drug-likeness (QED) is 0.580. The molecule has 0 radical (unpaired) electrons. The molecule has 0 fully saturated rings. The first kappa shape index (κ1) is 10.5. The van der Waals surface area contributed by atoms with E-state index in [0.717, 1.165) is 5.69 Å². The van der Waals surface area contributed by atoms with E-state index in [1.54, 1.807) is 0 Å². The van der Waals surface area contributed by atoms with Crippen LogP contribution in [0.5, 0.6) is 0 Å². The summed E-state index contributed by atoms with van der Waals surface area (Å²) in [5, 5.41) is 0. The average Bonchev–Trinajstić information content (AvgIpc) is 2.19. The summed E-state index contributed by atoms with van der Waals surface area (Å²) in [6.07, 6.45) is 4.42. The van der Waals surface area contributed by atoms with Crippen LogP contribution in [0.3, 0.4) is 0 Å². The third kappa shape index (κ3) is 3.79. The van der Waals surface area contributed by atoms with Gasteiger partial charge in [-0.25, -0.2) is 0 Å². The third-order valence-electron chi connectivity index (χ3n) is 1.77. The number of hydrogen-bond donors (Lipinski definition) is 1. The van der Waals surface area contributed by atoms with Gasteiger partial charge in [-0.2, -0.15) is 0 Å². The summed E-state index contributed by atoms with van der Waals surface area (Å²) in [5.41, 5.74) is 6.41. The molecular formula is C10H16N2S. The van der Waals surface area contributed by atoms with Gasteiger partial charge in [0.15, 0.2) is 0 Å². The molecule has 0 aromatic carbocycles. The van der Waals surface area contributed by atoms with Crippen molar-refractivity contribution in [1.82, 2.24) is 4.98 Å². The van der Waals surface area contributed by atoms with Crippen LogP contribution in [0, 0.1) is 0 Å². The van der Waals surface area contributed by atoms with E-state index < -0.39 is 0 Å². The third-order valence-corrected chi connectivity index (χ3v) is 2.84. The second-order valence-corrected chi connectivity index (χ2v) is 4.06. The molecule has 0 unspecified atom stereocenters. The van der Waals surface area contributed by atoms with Gasteiger partial charge in [0.1, 0.15) is 0 Å². The zero-order chi connectivity index (χ0) is 9.52. The van der Waals surface area contributed by atoms with Crippen molar-refractivity contribution < 1.29 is 0 Å². The Morgan fingerprint density at radius 3 is 2.85 bits per heavy atom. The lowest BCUT2D eigenvalue weighted by molar-refractivity contribution is 0.895. The number of nitrogens with two attached hydrogens (primary N) is 1. The molecule has 1 aromatic heterocycles. The van der Waals surface area contributed by atoms with E-state index in [9.17, 15) is 0 Å². The van der Waals surface area contributed by atoms with Crippen molar-refractivity contribution in [3.63, 3.8) is 0 Å². The number of rotatable bonds is 5. The van der Waals surface area contributed by atoms with Crippen LogP contribution in [0.1, 0.15) is 25.5 Å². The minimum absolute atomic E-state index is 0.528. The summed E-state index contributed by atoms with van der Waals surface area (Å²) >= 11 is 1.86. The van der Waals surface area contributed by atoms with E-state index in [0.29, 0.717) is 6.54 Å². The largest absolute Gasteiger partial charge is 0.325 e. The monoisotopic (exact) mass is 196 g/mol. The Balaban J connectivity index is 2.40. The average molecular weight is 196 g/mol. The molecule has 1 rings (SSSR count). The fourth-order valence-electron chi connectivity index (χ4n) is 0.951. The van der Waals surface area contributed by atoms with Gasteiger partial charge in [-0.15, -0.1) is 11.8 Å². The van der Waals surface area contributed by atoms with Crippen LogP contribution in [0.4, 0.5) is 0 Å². The van der Waals surface area contributed by atoms with Crippen molar-refractivity contribution in [2.24, 2.45) is 5.73 Å². The number of pyridine rings is 1. The molecule has 0 bridgehead atoms. The smallest absolute Gasteiger partial charge is 0.0540 e. The molecule has 2 nitrogen and oxygen atoms in total. The molecule has 0 aliphatic heterocycles. The lowest BCUT2D eigenvalue weighted by atomic mass is 10.4. The van der Waals surface area contributed by atoms with Gasteiger partial charge in [-0.05, 0) is 24.3 Å². The van der Waals surface area contributed by atoms with Gasteiger partial charge in [-0.1, -0.05) is 13.3 Å². The fraction of sp³-hybridized carbons (Fsp3) is 0.500. The second-order valence-electron chi connectivity index (χ2n) is 2.89. The minimum Gasteiger partial charge on any atom is -0.325 e. The van der Waals surface area contributed by atoms with Gasteiger partial charge in [0.2, 0.25) is 0 Å². The van der Waals surface area contributed by atoms with Crippen LogP contribution >= 0.6 is 11.8 Å². The molecule has 72 valence electrons. The molecule has 13 heavy (non-hydrogen) atoms. The maximum Gasteiger partial charge on any atom is 0.0540 e. The number of aromatic nitrogens is 1. The molecule has 0 aliphatic carbocycles. The molecule has 0 amide bonds. The molecule has 2 N–H and O–H groups in total. The Kier molecular flexibility index (Phi) is 4.86. The Bertz CT molecular complexity index is 233. The number of unbranched alkanes of at least 4 members (excludes halogenated alkanes) is 1. The van der Waals surface area contributed by atoms with E-state index in [4.69, 9.17) is 5.73 Å². The highest BCUT2D eigenvalue weighted by atomic mass is 32.2. The van der Waals surface area contributed by atoms with E-state index in [-0.39, 0.29) is 0 Å². The SMILES string of the molecule is CCCCSc1ccc(CN)nc1. The Morgan fingerprint density at radius 1 is 1.46 bits per heavy atom. The number of nitrogens with zero attached hydrogens (tertiary/aromatic N) is 1. The maximum absolute atomic E-state index is 5.45. The van der Waals surface area contributed by atoms with Gasteiger partial charge in [0, 0.05) is 17.6 Å². The first-order valence-corrected chi connectivity index (χ1v) is 5.63. The lowest BCUT2D eigenvalue weighted by Crippen LogP contribution is -1.98. The molecule has 0 saturated carbocycles. The molecule has 0 atom stereocenters. The Labute approximate surface area is 83.9 Å². The molecule has 1 aromatic rings. The van der Waals surface area contributed by atoms with Gasteiger partial charge in [-0.3, -0.25) is 4.98 Å². The molecule has 0 aliphatic rings. The van der Waals surface area contributed by atoms with Crippen LogP contribution in [0.2, 0.25) is 0 Å². The summed E-state index contributed by atoms with van der Waals surface area (Å²) < 4.78 is 0. The molecule has 0 saturated heterocycles. The van der Waals surface area contributed by atoms with Crippen molar-refractivity contribution in [2.45, 2.75) is 31.2 Å². The zero-order valence-electron chi connectivity index (χ0n) is 7.99. The van der Waals surface area contributed by atoms with Crippen LogP contribution in [0.25, 0.3) is 0 Å². The highest BCUT2D eigenvalue weighted by Crippen LogP contribution is 2.17. The minimum atomic E-state index is 0.528. The predicted molar refractivity (Wildman–Crippen MR) is 57.8 cm³/mol. The highest BCUT2D eigenvalue weighted by molar-refractivity contribution is 7.99.